The molecule has 3 rings (SSSR count). The van der Waals surface area contributed by atoms with Gasteiger partial charge in [-0.3, -0.25) is 4.99 Å². The van der Waals surface area contributed by atoms with Gasteiger partial charge in [-0.05, 0) is 61.8 Å². The lowest BCUT2D eigenvalue weighted by Crippen LogP contribution is -2.13. The van der Waals surface area contributed by atoms with Gasteiger partial charge in [-0.2, -0.15) is 0 Å². The predicted molar refractivity (Wildman–Crippen MR) is 116 cm³/mol. The van der Waals surface area contributed by atoms with Crippen LogP contribution in [0.15, 0.2) is 22.8 Å². The number of nitrogens with one attached hydrogen (secondary N) is 1. The molecule has 5 heteroatoms. The number of nitrogens with two attached hydrogens (primary N) is 2. The van der Waals surface area contributed by atoms with E-state index in [4.69, 9.17) is 21.9 Å². The van der Waals surface area contributed by atoms with Crippen molar-refractivity contribution in [1.82, 2.24) is 4.98 Å². The molecule has 0 fully saturated rings. The molecule has 0 saturated carbocycles. The maximum Gasteiger partial charge on any atom is 0.0777 e. The van der Waals surface area contributed by atoms with Crippen molar-refractivity contribution < 1.29 is 0 Å². The first-order valence-electron chi connectivity index (χ1n) is 9.65. The molecule has 0 spiro atoms. The van der Waals surface area contributed by atoms with E-state index in [1.807, 2.05) is 25.3 Å². The van der Waals surface area contributed by atoms with Crippen LogP contribution in [0.25, 0.3) is 16.5 Å². The number of aromatic nitrogens is 1. The number of fused-ring (bicyclic) bond motifs is 3. The molecule has 0 atom stereocenters. The molecule has 0 amide bonds. The molecule has 27 heavy (non-hydrogen) atoms. The first kappa shape index (κ1) is 19.1. The third-order valence-corrected chi connectivity index (χ3v) is 5.06. The molecular weight excluding hydrogens is 334 g/mol. The second kappa shape index (κ2) is 7.91. The van der Waals surface area contributed by atoms with Crippen molar-refractivity contribution >= 4 is 34.6 Å². The van der Waals surface area contributed by atoms with Gasteiger partial charge in [-0.1, -0.05) is 13.8 Å². The molecule has 0 radical (unpaired) electrons. The quantitative estimate of drug-likeness (QED) is 0.550. The lowest BCUT2D eigenvalue weighted by Gasteiger charge is -2.23. The van der Waals surface area contributed by atoms with Crippen LogP contribution in [0.3, 0.4) is 0 Å². The van der Waals surface area contributed by atoms with Crippen LogP contribution >= 0.6 is 0 Å². The van der Waals surface area contributed by atoms with Gasteiger partial charge in [0.2, 0.25) is 0 Å². The third kappa shape index (κ3) is 3.72. The average molecular weight is 364 g/mol. The molecular formula is C22H29N5. The molecule has 1 aliphatic rings. The molecule has 1 heterocycles. The number of hydrogen-bond acceptors (Lipinski definition) is 5. The van der Waals surface area contributed by atoms with Gasteiger partial charge < -0.3 is 16.9 Å². The minimum atomic E-state index is 0.497. The second-order valence-electron chi connectivity index (χ2n) is 7.72. The minimum absolute atomic E-state index is 0.497. The normalized spacial score (nSPS) is 15.3. The predicted octanol–water partition coefficient (Wildman–Crippen LogP) is 4.11. The highest BCUT2D eigenvalue weighted by molar-refractivity contribution is 6.12. The lowest BCUT2D eigenvalue weighted by molar-refractivity contribution is 0.667. The summed E-state index contributed by atoms with van der Waals surface area (Å²) in [6.07, 6.45) is 7.45. The fourth-order valence-electron chi connectivity index (χ4n) is 3.75. The van der Waals surface area contributed by atoms with Crippen LogP contribution in [0.5, 0.6) is 0 Å². The highest BCUT2D eigenvalue weighted by atomic mass is 14.8. The number of hydrogen-bond donors (Lipinski definition) is 3. The summed E-state index contributed by atoms with van der Waals surface area (Å²) in [5.74, 6) is 0.497. The monoisotopic (exact) mass is 363 g/mol. The van der Waals surface area contributed by atoms with E-state index in [0.29, 0.717) is 11.6 Å². The maximum atomic E-state index is 7.84. The first-order valence-corrected chi connectivity index (χ1v) is 9.65. The minimum Gasteiger partial charge on any atom is -0.402 e. The van der Waals surface area contributed by atoms with E-state index in [1.165, 1.54) is 17.3 Å². The van der Waals surface area contributed by atoms with Gasteiger partial charge >= 0.3 is 0 Å². The van der Waals surface area contributed by atoms with Crippen LogP contribution < -0.4 is 11.5 Å². The van der Waals surface area contributed by atoms with E-state index in [-0.39, 0.29) is 0 Å². The summed E-state index contributed by atoms with van der Waals surface area (Å²) in [7, 11) is 0. The molecule has 142 valence electrons. The van der Waals surface area contributed by atoms with Gasteiger partial charge in [0, 0.05) is 46.9 Å². The fraction of sp³-hybridized carbons (Fsp3) is 0.409. The number of aliphatic imine (C=N–C) groups is 1. The Morgan fingerprint density at radius 1 is 1.26 bits per heavy atom. The van der Waals surface area contributed by atoms with Gasteiger partial charge in [0.25, 0.3) is 0 Å². The summed E-state index contributed by atoms with van der Waals surface area (Å²) in [4.78, 5) is 9.56. The van der Waals surface area contributed by atoms with Crippen molar-refractivity contribution in [3.8, 4) is 0 Å². The molecule has 0 saturated heterocycles. The first-order chi connectivity index (χ1) is 12.9. The molecule has 1 aromatic carbocycles. The van der Waals surface area contributed by atoms with E-state index < -0.39 is 0 Å². The molecule has 5 N–H and O–H groups in total. The number of pyridine rings is 1. The fourth-order valence-corrected chi connectivity index (χ4v) is 3.75. The van der Waals surface area contributed by atoms with E-state index in [9.17, 15) is 0 Å². The highest BCUT2D eigenvalue weighted by Crippen LogP contribution is 2.36. The Hall–Kier alpha value is -2.69. The Kier molecular flexibility index (Phi) is 5.59. The SMILES string of the molecule is C/C(N)=C(/C=NCC(C)C)c1nc2ccc(N)c(C=N)c2c2c1CCCC2. The number of allylic oxidation sites excluding steroid dienone is 2. The van der Waals surface area contributed by atoms with Crippen LogP contribution in [0.4, 0.5) is 5.69 Å². The molecule has 0 bridgehead atoms. The molecule has 0 aliphatic heterocycles. The van der Waals surface area contributed by atoms with Crippen LogP contribution in [0, 0.1) is 11.3 Å². The van der Waals surface area contributed by atoms with Gasteiger partial charge in [-0.25, -0.2) is 4.98 Å². The van der Waals surface area contributed by atoms with Gasteiger partial charge in [0.15, 0.2) is 0 Å². The van der Waals surface area contributed by atoms with Crippen molar-refractivity contribution in [3.05, 3.63) is 40.2 Å². The Labute approximate surface area is 161 Å². The number of nitrogen functional groups attached to an aromatic ring is 1. The Morgan fingerprint density at radius 2 is 1.96 bits per heavy atom. The molecule has 0 unspecified atom stereocenters. The summed E-state index contributed by atoms with van der Waals surface area (Å²) in [5, 5.41) is 8.86. The lowest BCUT2D eigenvalue weighted by atomic mass is 9.84. The van der Waals surface area contributed by atoms with Crippen LogP contribution in [-0.4, -0.2) is 24.0 Å². The number of anilines is 1. The smallest absolute Gasteiger partial charge is 0.0777 e. The van der Waals surface area contributed by atoms with Crippen molar-refractivity contribution in [2.75, 3.05) is 12.3 Å². The highest BCUT2D eigenvalue weighted by Gasteiger charge is 2.22. The zero-order valence-corrected chi connectivity index (χ0v) is 16.5. The maximum absolute atomic E-state index is 7.84. The molecule has 1 aromatic heterocycles. The standard InChI is InChI=1S/C22H29N5/c1-13(2)11-26-12-18(14(3)24)22-16-7-5-4-6-15(16)21-17(10-23)19(25)8-9-20(21)27-22/h8-10,12-13,23H,4-7,11,24-25H2,1-3H3/b18-14+,23-10?,26-12?. The largest absolute Gasteiger partial charge is 0.402 e. The zero-order chi connectivity index (χ0) is 19.6. The Balaban J connectivity index is 2.28. The summed E-state index contributed by atoms with van der Waals surface area (Å²) in [6, 6.07) is 3.78. The van der Waals surface area contributed by atoms with E-state index in [1.54, 1.807) is 0 Å². The second-order valence-corrected chi connectivity index (χ2v) is 7.72. The molecule has 2 aromatic rings. The number of rotatable bonds is 5. The summed E-state index contributed by atoms with van der Waals surface area (Å²) in [6.45, 7) is 6.97. The van der Waals surface area contributed by atoms with Crippen LogP contribution in [-0.2, 0) is 12.8 Å². The van der Waals surface area contributed by atoms with Crippen molar-refractivity contribution in [2.24, 2.45) is 16.6 Å². The van der Waals surface area contributed by atoms with Crippen molar-refractivity contribution in [3.63, 3.8) is 0 Å². The summed E-state index contributed by atoms with van der Waals surface area (Å²) < 4.78 is 0. The summed E-state index contributed by atoms with van der Waals surface area (Å²) >= 11 is 0. The summed E-state index contributed by atoms with van der Waals surface area (Å²) in [5.41, 5.74) is 19.7. The number of aryl methyl sites for hydroxylation is 1. The van der Waals surface area contributed by atoms with Crippen molar-refractivity contribution in [2.45, 2.75) is 46.5 Å². The third-order valence-electron chi connectivity index (χ3n) is 5.06. The van der Waals surface area contributed by atoms with Crippen LogP contribution in [0.1, 0.15) is 56.0 Å². The van der Waals surface area contributed by atoms with E-state index >= 15 is 0 Å². The van der Waals surface area contributed by atoms with Crippen molar-refractivity contribution in [1.29, 1.82) is 5.41 Å². The average Bonchev–Trinajstić information content (AvgIpc) is 2.64. The number of nitrogens with zero attached hydrogens (tertiary/aromatic N) is 2. The van der Waals surface area contributed by atoms with E-state index in [0.717, 1.165) is 65.7 Å². The topological polar surface area (TPSA) is 101 Å². The van der Waals surface area contributed by atoms with Crippen LogP contribution in [0.2, 0.25) is 0 Å². The Morgan fingerprint density at radius 3 is 2.59 bits per heavy atom. The molecule has 5 nitrogen and oxygen atoms in total. The van der Waals surface area contributed by atoms with Gasteiger partial charge in [-0.15, -0.1) is 0 Å². The van der Waals surface area contributed by atoms with E-state index in [2.05, 4.69) is 18.8 Å². The molecule has 1 aliphatic carbocycles. The van der Waals surface area contributed by atoms with Gasteiger partial charge in [0.1, 0.15) is 0 Å². The number of benzene rings is 1. The van der Waals surface area contributed by atoms with Gasteiger partial charge in [0.05, 0.1) is 11.2 Å². The Bertz CT molecular complexity index is 934. The zero-order valence-electron chi connectivity index (χ0n) is 16.5.